The number of hydrogen-bond acceptors (Lipinski definition) is 4. The summed E-state index contributed by atoms with van der Waals surface area (Å²) in [4.78, 5) is 8.55. The number of methoxy groups -OCH3 is 1. The van der Waals surface area contributed by atoms with Gasteiger partial charge in [0.05, 0.1) is 12.8 Å². The number of fused-ring (bicyclic) bond motifs is 1. The normalized spacial score (nSPS) is 12.5. The Morgan fingerprint density at radius 3 is 2.95 bits per heavy atom. The predicted octanol–water partition coefficient (Wildman–Crippen LogP) is 1.82. The average molecular weight is 255 g/mol. The molecule has 0 aromatic carbocycles. The van der Waals surface area contributed by atoms with Gasteiger partial charge < -0.3 is 14.2 Å². The molecule has 0 saturated carbocycles. The molecule has 0 amide bonds. The molecule has 1 N–H and O–H groups in total. The number of pyridine rings is 2. The molecule has 3 rings (SSSR count). The third-order valence-electron chi connectivity index (χ3n) is 2.94. The zero-order valence-corrected chi connectivity index (χ0v) is 10.4. The molecule has 0 aliphatic heterocycles. The van der Waals surface area contributed by atoms with E-state index in [4.69, 9.17) is 4.74 Å². The Morgan fingerprint density at radius 1 is 1.26 bits per heavy atom. The molecular weight excluding hydrogens is 242 g/mol. The highest BCUT2D eigenvalue weighted by Crippen LogP contribution is 2.27. The first-order valence-electron chi connectivity index (χ1n) is 5.90. The summed E-state index contributed by atoms with van der Waals surface area (Å²) in [7, 11) is 1.55. The van der Waals surface area contributed by atoms with Crippen molar-refractivity contribution in [2.24, 2.45) is 0 Å². The summed E-state index contributed by atoms with van der Waals surface area (Å²) in [5, 5.41) is 10.4. The van der Waals surface area contributed by atoms with Crippen LogP contribution < -0.4 is 4.74 Å². The molecule has 0 aliphatic rings. The minimum atomic E-state index is -0.906. The third-order valence-corrected chi connectivity index (χ3v) is 2.94. The van der Waals surface area contributed by atoms with E-state index in [9.17, 15) is 5.11 Å². The monoisotopic (exact) mass is 255 g/mol. The largest absolute Gasteiger partial charge is 0.495 e. The zero-order chi connectivity index (χ0) is 13.2. The molecule has 0 radical (unpaired) electrons. The number of hydrogen-bond donors (Lipinski definition) is 1. The smallest absolute Gasteiger partial charge is 0.143 e. The van der Waals surface area contributed by atoms with E-state index >= 15 is 0 Å². The Morgan fingerprint density at radius 2 is 2.16 bits per heavy atom. The highest BCUT2D eigenvalue weighted by atomic mass is 16.5. The van der Waals surface area contributed by atoms with Crippen LogP contribution in [0.25, 0.3) is 5.65 Å². The molecule has 0 fully saturated rings. The van der Waals surface area contributed by atoms with E-state index in [1.54, 1.807) is 31.6 Å². The minimum absolute atomic E-state index is 0.466. The van der Waals surface area contributed by atoms with Crippen molar-refractivity contribution >= 4 is 5.65 Å². The summed E-state index contributed by atoms with van der Waals surface area (Å²) in [5.41, 5.74) is 1.79. The van der Waals surface area contributed by atoms with Crippen LogP contribution in [0.3, 0.4) is 0 Å². The maximum Gasteiger partial charge on any atom is 0.143 e. The van der Waals surface area contributed by atoms with E-state index in [0.29, 0.717) is 17.1 Å². The van der Waals surface area contributed by atoms with E-state index in [2.05, 4.69) is 9.97 Å². The number of rotatable bonds is 3. The van der Waals surface area contributed by atoms with Crippen molar-refractivity contribution in [1.82, 2.24) is 14.4 Å². The lowest BCUT2D eigenvalue weighted by molar-refractivity contribution is 0.205. The summed E-state index contributed by atoms with van der Waals surface area (Å²) in [5.74, 6) is 0.548. The van der Waals surface area contributed by atoms with Gasteiger partial charge in [0.1, 0.15) is 23.2 Å². The fourth-order valence-electron chi connectivity index (χ4n) is 2.01. The van der Waals surface area contributed by atoms with Gasteiger partial charge in [-0.05, 0) is 24.3 Å². The van der Waals surface area contributed by atoms with Crippen LogP contribution in [0.1, 0.15) is 17.5 Å². The summed E-state index contributed by atoms with van der Waals surface area (Å²) in [6.45, 7) is 0. The first-order chi connectivity index (χ1) is 9.29. The Balaban J connectivity index is 2.05. The molecule has 19 heavy (non-hydrogen) atoms. The molecule has 96 valence electrons. The first kappa shape index (κ1) is 11.7. The number of nitrogens with zero attached hydrogens (tertiary/aromatic N) is 3. The highest BCUT2D eigenvalue weighted by Gasteiger charge is 2.19. The Kier molecular flexibility index (Phi) is 2.89. The predicted molar refractivity (Wildman–Crippen MR) is 70.0 cm³/mol. The Bertz CT molecular complexity index is 675. The summed E-state index contributed by atoms with van der Waals surface area (Å²) >= 11 is 0. The van der Waals surface area contributed by atoms with Crippen molar-refractivity contribution in [3.63, 3.8) is 0 Å². The van der Waals surface area contributed by atoms with Gasteiger partial charge in [-0.2, -0.15) is 0 Å². The standard InChI is InChI=1S/C14H13N3O2/c1-19-11-5-4-7-15-13(11)14(18)10-9-17-8-3-2-6-12(17)16-10/h2-9,14,18H,1H3. The average Bonchev–Trinajstić information content (AvgIpc) is 2.90. The second-order valence-corrected chi connectivity index (χ2v) is 4.13. The molecule has 5 nitrogen and oxygen atoms in total. The lowest BCUT2D eigenvalue weighted by Crippen LogP contribution is -2.05. The molecular formula is C14H13N3O2. The van der Waals surface area contributed by atoms with E-state index in [1.165, 1.54) is 0 Å². The number of ether oxygens (including phenoxy) is 1. The molecule has 0 bridgehead atoms. The summed E-state index contributed by atoms with van der Waals surface area (Å²) < 4.78 is 7.06. The first-order valence-corrected chi connectivity index (χ1v) is 5.90. The minimum Gasteiger partial charge on any atom is -0.495 e. The van der Waals surface area contributed by atoms with E-state index in [-0.39, 0.29) is 0 Å². The van der Waals surface area contributed by atoms with Crippen LogP contribution in [-0.4, -0.2) is 26.6 Å². The molecule has 3 heterocycles. The van der Waals surface area contributed by atoms with Gasteiger partial charge in [0.25, 0.3) is 0 Å². The van der Waals surface area contributed by atoms with Crippen LogP contribution in [-0.2, 0) is 0 Å². The zero-order valence-electron chi connectivity index (χ0n) is 10.4. The van der Waals surface area contributed by atoms with Crippen molar-refractivity contribution in [3.05, 3.63) is 60.3 Å². The van der Waals surface area contributed by atoms with Crippen LogP contribution in [0.4, 0.5) is 0 Å². The van der Waals surface area contributed by atoms with Gasteiger partial charge in [-0.15, -0.1) is 0 Å². The second-order valence-electron chi connectivity index (χ2n) is 4.13. The van der Waals surface area contributed by atoms with Crippen molar-refractivity contribution < 1.29 is 9.84 Å². The number of aliphatic hydroxyl groups is 1. The van der Waals surface area contributed by atoms with Crippen LogP contribution in [0.2, 0.25) is 0 Å². The fourth-order valence-corrected chi connectivity index (χ4v) is 2.01. The lowest BCUT2D eigenvalue weighted by Gasteiger charge is -2.10. The fraction of sp³-hybridized carbons (Fsp3) is 0.143. The number of aromatic nitrogens is 3. The van der Waals surface area contributed by atoms with Gasteiger partial charge in [-0.25, -0.2) is 4.98 Å². The van der Waals surface area contributed by atoms with Crippen molar-refractivity contribution in [1.29, 1.82) is 0 Å². The topological polar surface area (TPSA) is 59.7 Å². The molecule has 0 saturated heterocycles. The summed E-state index contributed by atoms with van der Waals surface area (Å²) in [6, 6.07) is 9.22. The Labute approximate surface area is 110 Å². The van der Waals surface area contributed by atoms with Gasteiger partial charge in [-0.1, -0.05) is 6.07 Å². The van der Waals surface area contributed by atoms with Crippen LogP contribution >= 0.6 is 0 Å². The Hall–Kier alpha value is -2.40. The molecule has 1 atom stereocenters. The van der Waals surface area contributed by atoms with Crippen molar-refractivity contribution in [2.75, 3.05) is 7.11 Å². The molecule has 0 spiro atoms. The SMILES string of the molecule is COc1cccnc1C(O)c1cn2ccccc2n1. The van der Waals surface area contributed by atoms with E-state index in [1.807, 2.05) is 28.8 Å². The molecule has 3 aromatic rings. The van der Waals surface area contributed by atoms with E-state index < -0.39 is 6.10 Å². The van der Waals surface area contributed by atoms with Crippen molar-refractivity contribution in [3.8, 4) is 5.75 Å². The van der Waals surface area contributed by atoms with Gasteiger partial charge in [0.2, 0.25) is 0 Å². The molecule has 3 aromatic heterocycles. The number of imidazole rings is 1. The molecule has 5 heteroatoms. The molecule has 0 aliphatic carbocycles. The maximum atomic E-state index is 10.4. The van der Waals surface area contributed by atoms with E-state index in [0.717, 1.165) is 5.65 Å². The molecule has 1 unspecified atom stereocenters. The summed E-state index contributed by atoms with van der Waals surface area (Å²) in [6.07, 6.45) is 4.38. The van der Waals surface area contributed by atoms with Gasteiger partial charge in [-0.3, -0.25) is 4.98 Å². The highest BCUT2D eigenvalue weighted by molar-refractivity contribution is 5.42. The number of aliphatic hydroxyl groups excluding tert-OH is 1. The van der Waals surface area contributed by atoms with Crippen LogP contribution in [0.5, 0.6) is 5.75 Å². The van der Waals surface area contributed by atoms with Gasteiger partial charge in [0, 0.05) is 18.6 Å². The second kappa shape index (κ2) is 4.70. The van der Waals surface area contributed by atoms with Gasteiger partial charge in [0.15, 0.2) is 0 Å². The van der Waals surface area contributed by atoms with Crippen molar-refractivity contribution in [2.45, 2.75) is 6.10 Å². The maximum absolute atomic E-state index is 10.4. The van der Waals surface area contributed by atoms with Crippen LogP contribution in [0, 0.1) is 0 Å². The lowest BCUT2D eigenvalue weighted by atomic mass is 10.1. The van der Waals surface area contributed by atoms with Crippen LogP contribution in [0.15, 0.2) is 48.9 Å². The quantitative estimate of drug-likeness (QED) is 0.775. The van der Waals surface area contributed by atoms with Gasteiger partial charge >= 0.3 is 0 Å². The third kappa shape index (κ3) is 2.04.